The number of Topliss-reactive ketones (excluding diaryl/α,β-unsaturated/α-hetero) is 1. The normalized spacial score (nSPS) is 31.2. The number of anilines is 1. The number of fused-ring (bicyclic) bond motifs is 5. The van der Waals surface area contributed by atoms with Gasteiger partial charge in [0.25, 0.3) is 0 Å². The quantitative estimate of drug-likeness (QED) is 0.697. The summed E-state index contributed by atoms with van der Waals surface area (Å²) in [5, 5.41) is 0. The van der Waals surface area contributed by atoms with Crippen molar-refractivity contribution in [2.45, 2.75) is 51.4 Å². The predicted molar refractivity (Wildman–Crippen MR) is 113 cm³/mol. The van der Waals surface area contributed by atoms with Gasteiger partial charge in [-0.15, -0.1) is 3.71 Å². The molecule has 0 aliphatic heterocycles. The lowest BCUT2D eigenvalue weighted by Gasteiger charge is -2.48. The molecule has 1 N–H and O–H groups in total. The number of hydrogen-bond acceptors (Lipinski definition) is 5. The van der Waals surface area contributed by atoms with E-state index in [1.54, 1.807) is 12.1 Å². The maximum Gasteiger partial charge on any atom is 0.374 e. The van der Waals surface area contributed by atoms with E-state index in [1.807, 2.05) is 0 Å². The van der Waals surface area contributed by atoms with Gasteiger partial charge in [-0.25, -0.2) is 0 Å². The molecule has 8 nitrogen and oxygen atoms in total. The fourth-order valence-electron chi connectivity index (χ4n) is 5.99. The highest BCUT2D eigenvalue weighted by atomic mass is 32.3. The van der Waals surface area contributed by atoms with Crippen molar-refractivity contribution in [2.24, 2.45) is 17.3 Å². The van der Waals surface area contributed by atoms with E-state index in [9.17, 15) is 26.2 Å². The van der Waals surface area contributed by atoms with Gasteiger partial charge in [0.15, 0.2) is 0 Å². The number of ketones is 1. The van der Waals surface area contributed by atoms with Crippen molar-refractivity contribution in [1.29, 1.82) is 0 Å². The summed E-state index contributed by atoms with van der Waals surface area (Å²) in [4.78, 5) is 12.5. The molecule has 10 heteroatoms. The summed E-state index contributed by atoms with van der Waals surface area (Å²) in [6, 6.07) is 4.81. The van der Waals surface area contributed by atoms with Gasteiger partial charge in [-0.05, 0) is 73.1 Å². The maximum atomic E-state index is 12.5. The lowest BCUT2D eigenvalue weighted by molar-refractivity contribution is -0.129. The highest BCUT2D eigenvalue weighted by Crippen LogP contribution is 2.59. The van der Waals surface area contributed by atoms with E-state index in [0.29, 0.717) is 30.5 Å². The molecule has 166 valence electrons. The minimum Gasteiger partial charge on any atom is -0.299 e. The Morgan fingerprint density at radius 2 is 1.77 bits per heavy atom. The van der Waals surface area contributed by atoms with Crippen molar-refractivity contribution < 1.29 is 26.2 Å². The second-order valence-electron chi connectivity index (χ2n) is 9.18. The van der Waals surface area contributed by atoms with Gasteiger partial charge in [-0.2, -0.15) is 21.1 Å². The first-order valence-electron chi connectivity index (χ1n) is 10.2. The van der Waals surface area contributed by atoms with Crippen LogP contribution >= 0.6 is 0 Å². The maximum absolute atomic E-state index is 12.5. The molecule has 3 unspecified atom stereocenters. The van der Waals surface area contributed by atoms with Gasteiger partial charge >= 0.3 is 20.5 Å². The van der Waals surface area contributed by atoms with Crippen molar-refractivity contribution in [2.75, 3.05) is 17.8 Å². The number of carbonyl (C=O) groups excluding carboxylic acids is 1. The van der Waals surface area contributed by atoms with E-state index in [-0.39, 0.29) is 20.7 Å². The molecular weight excluding hydrogens is 428 g/mol. The van der Waals surface area contributed by atoms with Crippen LogP contribution in [0.15, 0.2) is 18.2 Å². The van der Waals surface area contributed by atoms with Crippen LogP contribution in [0.3, 0.4) is 0 Å². The summed E-state index contributed by atoms with van der Waals surface area (Å²) in [6.45, 7) is 2.11. The number of benzene rings is 1. The average molecular weight is 457 g/mol. The lowest BCUT2D eigenvalue weighted by atomic mass is 9.55. The molecule has 4 atom stereocenters. The number of aryl methyl sites for hydroxylation is 1. The van der Waals surface area contributed by atoms with Crippen LogP contribution < -0.4 is 3.71 Å². The van der Waals surface area contributed by atoms with E-state index in [4.69, 9.17) is 0 Å². The smallest absolute Gasteiger partial charge is 0.299 e. The van der Waals surface area contributed by atoms with Gasteiger partial charge in [0.1, 0.15) is 5.78 Å². The van der Waals surface area contributed by atoms with Crippen LogP contribution in [0.1, 0.15) is 56.1 Å². The standard InChI is InChI=1S/C20H28N2O6S2/c1-20-11-10-16-15-7-5-14(22(30(26,27)28)29(24,25)21(2)3)12-13(15)4-6-17(16)18(20)8-9-19(20)23/h5,7,12,16-18H,4,6,8-11H2,1-3H3,(H,26,27,28)/t16?,17?,18?,20-/m0/s1. The molecule has 30 heavy (non-hydrogen) atoms. The van der Waals surface area contributed by atoms with Crippen LogP contribution in [0.4, 0.5) is 5.69 Å². The molecule has 0 heterocycles. The first kappa shape index (κ1) is 21.7. The van der Waals surface area contributed by atoms with Gasteiger partial charge < -0.3 is 0 Å². The molecule has 0 aromatic heterocycles. The molecular formula is C20H28N2O6S2. The Morgan fingerprint density at radius 3 is 2.40 bits per heavy atom. The molecule has 1 aromatic carbocycles. The minimum absolute atomic E-state index is 0.0694. The van der Waals surface area contributed by atoms with Crippen molar-refractivity contribution in [3.8, 4) is 0 Å². The van der Waals surface area contributed by atoms with Gasteiger partial charge in [-0.1, -0.05) is 13.0 Å². The Kier molecular flexibility index (Phi) is 5.08. The monoisotopic (exact) mass is 456 g/mol. The van der Waals surface area contributed by atoms with Gasteiger partial charge in [-0.3, -0.25) is 9.35 Å². The Labute approximate surface area is 178 Å². The largest absolute Gasteiger partial charge is 0.374 e. The average Bonchev–Trinajstić information content (AvgIpc) is 2.95. The van der Waals surface area contributed by atoms with Crippen LogP contribution in [0.2, 0.25) is 0 Å². The molecule has 0 amide bonds. The second-order valence-corrected chi connectivity index (χ2v) is 12.7. The van der Waals surface area contributed by atoms with Crippen LogP contribution in [0.5, 0.6) is 0 Å². The summed E-state index contributed by atoms with van der Waals surface area (Å²) in [6.07, 6.45) is 4.91. The molecule has 0 radical (unpaired) electrons. The predicted octanol–water partition coefficient (Wildman–Crippen LogP) is 2.53. The lowest BCUT2D eigenvalue weighted by Crippen LogP contribution is -2.44. The van der Waals surface area contributed by atoms with E-state index in [1.165, 1.54) is 20.2 Å². The number of hydrogen-bond donors (Lipinski definition) is 1. The molecule has 1 aromatic rings. The van der Waals surface area contributed by atoms with Crippen LogP contribution in [-0.4, -0.2) is 45.6 Å². The minimum atomic E-state index is -5.03. The Hall–Kier alpha value is -1.49. The fraction of sp³-hybridized carbons (Fsp3) is 0.650. The first-order valence-corrected chi connectivity index (χ1v) is 13.0. The van der Waals surface area contributed by atoms with Crippen LogP contribution in [-0.2, 0) is 31.7 Å². The molecule has 2 saturated carbocycles. The molecule has 4 rings (SSSR count). The highest BCUT2D eigenvalue weighted by molar-refractivity contribution is 8.06. The number of nitrogens with zero attached hydrogens (tertiary/aromatic N) is 2. The van der Waals surface area contributed by atoms with E-state index < -0.39 is 20.5 Å². The molecule has 3 aliphatic rings. The zero-order valence-electron chi connectivity index (χ0n) is 17.4. The highest BCUT2D eigenvalue weighted by Gasteiger charge is 2.54. The molecule has 0 bridgehead atoms. The fourth-order valence-corrected chi connectivity index (χ4v) is 8.40. The summed E-state index contributed by atoms with van der Waals surface area (Å²) >= 11 is 0. The summed E-state index contributed by atoms with van der Waals surface area (Å²) in [7, 11) is -7.05. The first-order chi connectivity index (χ1) is 13.9. The van der Waals surface area contributed by atoms with Gasteiger partial charge in [0, 0.05) is 25.9 Å². The van der Waals surface area contributed by atoms with Crippen LogP contribution in [0.25, 0.3) is 0 Å². The van der Waals surface area contributed by atoms with Crippen molar-refractivity contribution in [3.63, 3.8) is 0 Å². The van der Waals surface area contributed by atoms with E-state index in [0.717, 1.165) is 41.1 Å². The Morgan fingerprint density at radius 1 is 1.07 bits per heavy atom. The summed E-state index contributed by atoms with van der Waals surface area (Å²) in [5.41, 5.74) is 1.69. The SMILES string of the molecule is CN(C)S(=O)(=O)N(c1ccc2c(c1)CCC1C2CC[C@]2(C)C(=O)CCC12)S(=O)(=O)O. The third kappa shape index (κ3) is 3.19. The summed E-state index contributed by atoms with van der Waals surface area (Å²) in [5.74, 6) is 1.46. The number of carbonyl (C=O) groups is 1. The molecule has 0 saturated heterocycles. The van der Waals surface area contributed by atoms with Crippen LogP contribution in [0, 0.1) is 17.3 Å². The van der Waals surface area contributed by atoms with E-state index in [2.05, 4.69) is 6.92 Å². The van der Waals surface area contributed by atoms with Crippen molar-refractivity contribution >= 4 is 32.0 Å². The summed E-state index contributed by atoms with van der Waals surface area (Å²) < 4.78 is 59.4. The third-order valence-corrected chi connectivity index (χ3v) is 10.8. The van der Waals surface area contributed by atoms with Crippen molar-refractivity contribution in [3.05, 3.63) is 29.3 Å². The molecule has 2 fully saturated rings. The molecule has 0 spiro atoms. The zero-order chi connectivity index (χ0) is 22.1. The Balaban J connectivity index is 1.72. The second kappa shape index (κ2) is 7.01. The van der Waals surface area contributed by atoms with Crippen molar-refractivity contribution in [1.82, 2.24) is 4.31 Å². The van der Waals surface area contributed by atoms with Gasteiger partial charge in [0.2, 0.25) is 0 Å². The van der Waals surface area contributed by atoms with Gasteiger partial charge in [0.05, 0.1) is 5.69 Å². The molecule has 3 aliphatic carbocycles. The number of rotatable bonds is 4. The zero-order valence-corrected chi connectivity index (χ0v) is 19.0. The Bertz CT molecular complexity index is 1100. The third-order valence-electron chi connectivity index (χ3n) is 7.51. The van der Waals surface area contributed by atoms with E-state index >= 15 is 0 Å². The topological polar surface area (TPSA) is 112 Å².